The molecule has 0 aliphatic rings. The van der Waals surface area contributed by atoms with Crippen molar-refractivity contribution < 1.29 is 23.1 Å². The van der Waals surface area contributed by atoms with Gasteiger partial charge < -0.3 is 10.4 Å². The number of aliphatic carboxylic acids is 1. The molecule has 15 heavy (non-hydrogen) atoms. The molecule has 0 heterocycles. The summed E-state index contributed by atoms with van der Waals surface area (Å²) in [6.07, 6.45) is 1.09. The Morgan fingerprint density at radius 1 is 1.40 bits per heavy atom. The second-order valence-electron chi connectivity index (χ2n) is 3.61. The van der Waals surface area contributed by atoms with E-state index in [9.17, 15) is 18.0 Å². The summed E-state index contributed by atoms with van der Waals surface area (Å²) in [5, 5.41) is 11.0. The number of hydrogen-bond donors (Lipinski definition) is 2. The van der Waals surface area contributed by atoms with Crippen LogP contribution in [0.2, 0.25) is 0 Å². The maximum Gasteiger partial charge on any atom is 0.329 e. The van der Waals surface area contributed by atoms with Gasteiger partial charge in [-0.2, -0.15) is 0 Å². The van der Waals surface area contributed by atoms with Crippen molar-refractivity contribution in [2.24, 2.45) is 0 Å². The predicted molar refractivity (Wildman–Crippen MR) is 54.2 cm³/mol. The molecule has 0 radical (unpaired) electrons. The Balaban J connectivity index is 4.59. The largest absolute Gasteiger partial charge is 0.480 e. The highest BCUT2D eigenvalue weighted by atomic mass is 32.2. The van der Waals surface area contributed by atoms with E-state index < -0.39 is 33.0 Å². The van der Waals surface area contributed by atoms with Gasteiger partial charge in [-0.1, -0.05) is 6.92 Å². The van der Waals surface area contributed by atoms with Crippen LogP contribution >= 0.6 is 0 Å². The van der Waals surface area contributed by atoms with Crippen LogP contribution < -0.4 is 5.32 Å². The zero-order valence-electron chi connectivity index (χ0n) is 8.90. The Morgan fingerprint density at radius 3 is 2.13 bits per heavy atom. The van der Waals surface area contributed by atoms with Crippen LogP contribution in [0.25, 0.3) is 0 Å². The number of amides is 1. The van der Waals surface area contributed by atoms with Gasteiger partial charge in [0.15, 0.2) is 9.84 Å². The number of sulfone groups is 1. The van der Waals surface area contributed by atoms with E-state index in [1.807, 2.05) is 0 Å². The molecule has 2 N–H and O–H groups in total. The van der Waals surface area contributed by atoms with Gasteiger partial charge in [-0.05, 0) is 13.3 Å². The van der Waals surface area contributed by atoms with Crippen molar-refractivity contribution in [3.05, 3.63) is 0 Å². The fourth-order valence-electron chi connectivity index (χ4n) is 0.875. The van der Waals surface area contributed by atoms with Crippen LogP contribution in [-0.2, 0) is 19.4 Å². The van der Waals surface area contributed by atoms with Crippen LogP contribution in [-0.4, -0.2) is 42.9 Å². The maximum absolute atomic E-state index is 11.2. The first kappa shape index (κ1) is 13.9. The molecule has 0 aliphatic carbocycles. The summed E-state index contributed by atoms with van der Waals surface area (Å²) in [6.45, 7) is 2.92. The highest BCUT2D eigenvalue weighted by Gasteiger charge is 2.33. The van der Waals surface area contributed by atoms with Crippen LogP contribution in [0.1, 0.15) is 20.3 Å². The molecule has 0 rings (SSSR count). The second-order valence-corrected chi connectivity index (χ2v) is 5.75. The minimum Gasteiger partial charge on any atom is -0.480 e. The third-order valence-corrected chi connectivity index (χ3v) is 2.77. The highest BCUT2D eigenvalue weighted by molar-refractivity contribution is 7.91. The maximum atomic E-state index is 11.2. The lowest BCUT2D eigenvalue weighted by molar-refractivity contribution is -0.146. The molecule has 0 aromatic heterocycles. The van der Waals surface area contributed by atoms with E-state index in [1.54, 1.807) is 6.92 Å². The Morgan fingerprint density at radius 2 is 1.87 bits per heavy atom. The zero-order chi connectivity index (χ0) is 12.3. The Hall–Kier alpha value is -1.11. The van der Waals surface area contributed by atoms with Crippen LogP contribution in [0.15, 0.2) is 0 Å². The predicted octanol–water partition coefficient (Wildman–Crippen LogP) is -0.599. The van der Waals surface area contributed by atoms with E-state index in [1.165, 1.54) is 6.92 Å². The molecule has 0 aromatic carbocycles. The van der Waals surface area contributed by atoms with Gasteiger partial charge in [0.25, 0.3) is 0 Å². The van der Waals surface area contributed by atoms with Crippen molar-refractivity contribution in [3.8, 4) is 0 Å². The van der Waals surface area contributed by atoms with Gasteiger partial charge >= 0.3 is 5.97 Å². The molecular formula is C8H15NO5S. The van der Waals surface area contributed by atoms with Crippen molar-refractivity contribution in [2.45, 2.75) is 25.8 Å². The number of carbonyl (C=O) groups is 2. The first-order valence-electron chi connectivity index (χ1n) is 4.33. The molecule has 0 bridgehead atoms. The van der Waals surface area contributed by atoms with Gasteiger partial charge in [-0.25, -0.2) is 13.2 Å². The highest BCUT2D eigenvalue weighted by Crippen LogP contribution is 2.08. The summed E-state index contributed by atoms with van der Waals surface area (Å²) in [5.74, 6) is -2.69. The number of hydrogen-bond acceptors (Lipinski definition) is 4. The molecular weight excluding hydrogens is 222 g/mol. The summed E-state index contributed by atoms with van der Waals surface area (Å²) in [6, 6.07) is 0. The van der Waals surface area contributed by atoms with Crippen LogP contribution in [0.3, 0.4) is 0 Å². The van der Waals surface area contributed by atoms with Crippen molar-refractivity contribution in [2.75, 3.05) is 12.0 Å². The molecule has 1 atom stereocenters. The fourth-order valence-corrected chi connectivity index (χ4v) is 1.42. The summed E-state index contributed by atoms with van der Waals surface area (Å²) in [7, 11) is -3.43. The molecule has 1 amide bonds. The number of carboxylic acid groups (broad SMARTS) is 1. The van der Waals surface area contributed by atoms with Gasteiger partial charge in [0.05, 0.1) is 0 Å². The molecule has 6 nitrogen and oxygen atoms in total. The number of carboxylic acids is 1. The fraction of sp³-hybridized carbons (Fsp3) is 0.750. The lowest BCUT2D eigenvalue weighted by atomic mass is 9.99. The third-order valence-electron chi connectivity index (χ3n) is 1.99. The van der Waals surface area contributed by atoms with Crippen LogP contribution in [0.5, 0.6) is 0 Å². The van der Waals surface area contributed by atoms with E-state index in [-0.39, 0.29) is 6.42 Å². The SMILES string of the molecule is CCC(C)(NC(=O)CS(C)(=O)=O)C(=O)O. The monoisotopic (exact) mass is 237 g/mol. The van der Waals surface area contributed by atoms with Crippen molar-refractivity contribution in [3.63, 3.8) is 0 Å². The smallest absolute Gasteiger partial charge is 0.329 e. The number of carbonyl (C=O) groups excluding carboxylic acids is 1. The average Bonchev–Trinajstić information content (AvgIpc) is 1.99. The molecule has 1 unspecified atom stereocenters. The molecule has 0 aromatic rings. The molecule has 0 spiro atoms. The first-order chi connectivity index (χ1) is 6.60. The Labute approximate surface area is 88.6 Å². The quantitative estimate of drug-likeness (QED) is 0.665. The van der Waals surface area contributed by atoms with Gasteiger partial charge in [-0.3, -0.25) is 4.79 Å². The lowest BCUT2D eigenvalue weighted by Gasteiger charge is -2.24. The minimum atomic E-state index is -3.43. The van der Waals surface area contributed by atoms with E-state index >= 15 is 0 Å². The molecule has 88 valence electrons. The van der Waals surface area contributed by atoms with Gasteiger partial charge in [0.1, 0.15) is 11.3 Å². The van der Waals surface area contributed by atoms with Crippen molar-refractivity contribution in [1.82, 2.24) is 5.32 Å². The van der Waals surface area contributed by atoms with E-state index in [2.05, 4.69) is 5.32 Å². The second kappa shape index (κ2) is 4.61. The van der Waals surface area contributed by atoms with E-state index in [4.69, 9.17) is 5.11 Å². The van der Waals surface area contributed by atoms with Gasteiger partial charge in [0.2, 0.25) is 5.91 Å². The summed E-state index contributed by atoms with van der Waals surface area (Å²) < 4.78 is 21.6. The molecule has 0 fully saturated rings. The molecule has 0 aliphatic heterocycles. The Kier molecular flexibility index (Phi) is 4.27. The van der Waals surface area contributed by atoms with Gasteiger partial charge in [0, 0.05) is 6.26 Å². The molecule has 0 saturated carbocycles. The van der Waals surface area contributed by atoms with Crippen LogP contribution in [0.4, 0.5) is 0 Å². The lowest BCUT2D eigenvalue weighted by Crippen LogP contribution is -2.53. The van der Waals surface area contributed by atoms with Crippen molar-refractivity contribution in [1.29, 1.82) is 0 Å². The minimum absolute atomic E-state index is 0.178. The average molecular weight is 237 g/mol. The number of nitrogens with one attached hydrogen (secondary N) is 1. The standard InChI is InChI=1S/C8H15NO5S/c1-4-8(2,7(11)12)9-6(10)5-15(3,13)14/h4-5H2,1-3H3,(H,9,10)(H,11,12). The Bertz CT molecular complexity index is 361. The topological polar surface area (TPSA) is 101 Å². The number of rotatable bonds is 5. The van der Waals surface area contributed by atoms with E-state index in [0.29, 0.717) is 0 Å². The molecule has 7 heteroatoms. The normalized spacial score (nSPS) is 15.4. The summed E-state index contributed by atoms with van der Waals surface area (Å²) in [4.78, 5) is 22.0. The summed E-state index contributed by atoms with van der Waals surface area (Å²) >= 11 is 0. The third kappa shape index (κ3) is 4.78. The summed E-state index contributed by atoms with van der Waals surface area (Å²) in [5.41, 5.74) is -1.41. The van der Waals surface area contributed by atoms with Crippen molar-refractivity contribution >= 4 is 21.7 Å². The molecule has 0 saturated heterocycles. The first-order valence-corrected chi connectivity index (χ1v) is 6.39. The van der Waals surface area contributed by atoms with Gasteiger partial charge in [-0.15, -0.1) is 0 Å². The van der Waals surface area contributed by atoms with Crippen LogP contribution in [0, 0.1) is 0 Å². The zero-order valence-corrected chi connectivity index (χ0v) is 9.72. The van der Waals surface area contributed by atoms with E-state index in [0.717, 1.165) is 6.26 Å².